The second-order valence-electron chi connectivity index (χ2n) is 3.53. The highest BCUT2D eigenvalue weighted by Crippen LogP contribution is 2.11. The number of ether oxygens (including phenoxy) is 1. The summed E-state index contributed by atoms with van der Waals surface area (Å²) in [6, 6.07) is 10.8. The van der Waals surface area contributed by atoms with Gasteiger partial charge >= 0.3 is 0 Å². The fourth-order valence-electron chi connectivity index (χ4n) is 1.43. The Hall–Kier alpha value is -0.860. The molecule has 13 heavy (non-hydrogen) atoms. The smallest absolute Gasteiger partial charge is 0.0854 e. The van der Waals surface area contributed by atoms with Gasteiger partial charge in [0.05, 0.1) is 12.7 Å². The third-order valence-electron chi connectivity index (χ3n) is 2.51. The Bertz CT molecular complexity index is 260. The number of hydrogen-bond acceptors (Lipinski definition) is 2. The molecular formula is C11H15NO. The van der Waals surface area contributed by atoms with Crippen molar-refractivity contribution in [2.45, 2.75) is 25.7 Å². The summed E-state index contributed by atoms with van der Waals surface area (Å²) in [4.78, 5) is 0. The van der Waals surface area contributed by atoms with E-state index in [0.717, 1.165) is 13.2 Å². The molecule has 0 bridgehead atoms. The molecule has 0 aliphatic carbocycles. The van der Waals surface area contributed by atoms with Crippen LogP contribution in [0.15, 0.2) is 30.3 Å². The lowest BCUT2D eigenvalue weighted by Gasteiger charge is -2.35. The summed E-state index contributed by atoms with van der Waals surface area (Å²) in [7, 11) is 0. The van der Waals surface area contributed by atoms with Crippen LogP contribution in [0.4, 0.5) is 0 Å². The van der Waals surface area contributed by atoms with E-state index in [1.54, 1.807) is 0 Å². The van der Waals surface area contributed by atoms with E-state index in [2.05, 4.69) is 24.4 Å². The standard InChI is InChI=1S/C11H15NO/c1-9-11(7-12-9)13-8-10-5-3-2-4-6-10/h2-6,9,11-12H,7-8H2,1H3/t9?,11-/m1/s1. The van der Waals surface area contributed by atoms with Crippen molar-refractivity contribution < 1.29 is 4.74 Å². The van der Waals surface area contributed by atoms with Crippen molar-refractivity contribution in [2.24, 2.45) is 0 Å². The minimum atomic E-state index is 0.403. The average molecular weight is 177 g/mol. The van der Waals surface area contributed by atoms with Crippen LogP contribution >= 0.6 is 0 Å². The van der Waals surface area contributed by atoms with Gasteiger partial charge in [-0.3, -0.25) is 0 Å². The third-order valence-corrected chi connectivity index (χ3v) is 2.51. The van der Waals surface area contributed by atoms with Gasteiger partial charge in [-0.1, -0.05) is 30.3 Å². The molecule has 2 atom stereocenters. The topological polar surface area (TPSA) is 21.3 Å². The van der Waals surface area contributed by atoms with Gasteiger partial charge in [0.25, 0.3) is 0 Å². The predicted octanol–water partition coefficient (Wildman–Crippen LogP) is 1.56. The normalized spacial score (nSPS) is 26.8. The maximum Gasteiger partial charge on any atom is 0.0854 e. The highest BCUT2D eigenvalue weighted by Gasteiger charge is 2.26. The quantitative estimate of drug-likeness (QED) is 0.756. The van der Waals surface area contributed by atoms with Gasteiger partial charge in [0.2, 0.25) is 0 Å². The molecule has 1 aliphatic heterocycles. The van der Waals surface area contributed by atoms with Crippen molar-refractivity contribution in [1.29, 1.82) is 0 Å². The van der Waals surface area contributed by atoms with Crippen LogP contribution in [0.1, 0.15) is 12.5 Å². The van der Waals surface area contributed by atoms with Crippen LogP contribution in [0.5, 0.6) is 0 Å². The van der Waals surface area contributed by atoms with Crippen LogP contribution < -0.4 is 5.32 Å². The van der Waals surface area contributed by atoms with Crippen LogP contribution in [0.3, 0.4) is 0 Å². The Morgan fingerprint density at radius 2 is 2.15 bits per heavy atom. The van der Waals surface area contributed by atoms with Gasteiger partial charge in [0, 0.05) is 12.6 Å². The summed E-state index contributed by atoms with van der Waals surface area (Å²) in [5.41, 5.74) is 1.25. The zero-order valence-corrected chi connectivity index (χ0v) is 7.86. The molecule has 1 saturated heterocycles. The lowest BCUT2D eigenvalue weighted by Crippen LogP contribution is -2.56. The van der Waals surface area contributed by atoms with Gasteiger partial charge in [-0.25, -0.2) is 0 Å². The Morgan fingerprint density at radius 3 is 2.69 bits per heavy atom. The lowest BCUT2D eigenvalue weighted by molar-refractivity contribution is -0.0224. The molecule has 1 aromatic rings. The fourth-order valence-corrected chi connectivity index (χ4v) is 1.43. The van der Waals surface area contributed by atoms with Crippen molar-refractivity contribution in [2.75, 3.05) is 6.54 Å². The second kappa shape index (κ2) is 3.90. The van der Waals surface area contributed by atoms with Gasteiger partial charge < -0.3 is 10.1 Å². The van der Waals surface area contributed by atoms with E-state index in [9.17, 15) is 0 Å². The summed E-state index contributed by atoms with van der Waals surface area (Å²) in [6.45, 7) is 3.88. The average Bonchev–Trinajstić information content (AvgIpc) is 2.17. The molecule has 0 saturated carbocycles. The molecule has 0 aromatic heterocycles. The van der Waals surface area contributed by atoms with E-state index in [0.29, 0.717) is 12.1 Å². The number of rotatable bonds is 3. The van der Waals surface area contributed by atoms with Crippen molar-refractivity contribution in [3.8, 4) is 0 Å². The Kier molecular flexibility index (Phi) is 2.62. The monoisotopic (exact) mass is 177 g/mol. The predicted molar refractivity (Wildman–Crippen MR) is 52.5 cm³/mol. The summed E-state index contributed by atoms with van der Waals surface area (Å²) in [5.74, 6) is 0. The molecule has 0 spiro atoms. The van der Waals surface area contributed by atoms with E-state index in [1.807, 2.05) is 18.2 Å². The van der Waals surface area contributed by atoms with Gasteiger partial charge in [-0.2, -0.15) is 0 Å². The highest BCUT2D eigenvalue weighted by atomic mass is 16.5. The molecule has 0 amide bonds. The zero-order valence-electron chi connectivity index (χ0n) is 7.86. The van der Waals surface area contributed by atoms with Gasteiger partial charge in [0.1, 0.15) is 0 Å². The Morgan fingerprint density at radius 1 is 1.38 bits per heavy atom. The highest BCUT2D eigenvalue weighted by molar-refractivity contribution is 5.13. The van der Waals surface area contributed by atoms with E-state index in [1.165, 1.54) is 5.56 Å². The minimum absolute atomic E-state index is 0.403. The molecule has 1 aromatic carbocycles. The molecule has 2 rings (SSSR count). The SMILES string of the molecule is CC1NC[C@H]1OCc1ccccc1. The largest absolute Gasteiger partial charge is 0.371 e. The van der Waals surface area contributed by atoms with Crippen molar-refractivity contribution in [3.63, 3.8) is 0 Å². The molecule has 0 radical (unpaired) electrons. The second-order valence-corrected chi connectivity index (χ2v) is 3.53. The van der Waals surface area contributed by atoms with Gasteiger partial charge in [-0.15, -0.1) is 0 Å². The first-order chi connectivity index (χ1) is 6.36. The van der Waals surface area contributed by atoms with Gasteiger partial charge in [0.15, 0.2) is 0 Å². The zero-order chi connectivity index (χ0) is 9.10. The molecule has 1 aliphatic rings. The van der Waals surface area contributed by atoms with Crippen LogP contribution in [-0.2, 0) is 11.3 Å². The number of benzene rings is 1. The number of nitrogens with one attached hydrogen (secondary N) is 1. The fraction of sp³-hybridized carbons (Fsp3) is 0.455. The van der Waals surface area contributed by atoms with Gasteiger partial charge in [-0.05, 0) is 12.5 Å². The van der Waals surface area contributed by atoms with E-state index in [4.69, 9.17) is 4.74 Å². The van der Waals surface area contributed by atoms with Crippen LogP contribution in [0.25, 0.3) is 0 Å². The molecule has 2 nitrogen and oxygen atoms in total. The molecule has 1 unspecified atom stereocenters. The lowest BCUT2D eigenvalue weighted by atomic mass is 10.1. The van der Waals surface area contributed by atoms with Crippen molar-refractivity contribution in [1.82, 2.24) is 5.32 Å². The maximum absolute atomic E-state index is 5.71. The number of hydrogen-bond donors (Lipinski definition) is 1. The van der Waals surface area contributed by atoms with Crippen LogP contribution in [0, 0.1) is 0 Å². The first kappa shape index (κ1) is 8.73. The first-order valence-electron chi connectivity index (χ1n) is 4.75. The third kappa shape index (κ3) is 2.08. The summed E-state index contributed by atoms with van der Waals surface area (Å²) in [6.07, 6.45) is 0.403. The van der Waals surface area contributed by atoms with E-state index in [-0.39, 0.29) is 0 Å². The first-order valence-corrected chi connectivity index (χ1v) is 4.75. The van der Waals surface area contributed by atoms with E-state index < -0.39 is 0 Å². The van der Waals surface area contributed by atoms with Crippen molar-refractivity contribution in [3.05, 3.63) is 35.9 Å². The van der Waals surface area contributed by atoms with Crippen LogP contribution in [0.2, 0.25) is 0 Å². The minimum Gasteiger partial charge on any atom is -0.371 e. The molecule has 1 heterocycles. The van der Waals surface area contributed by atoms with E-state index >= 15 is 0 Å². The molecule has 1 N–H and O–H groups in total. The molecule has 2 heteroatoms. The molecular weight excluding hydrogens is 162 g/mol. The van der Waals surface area contributed by atoms with Crippen molar-refractivity contribution >= 4 is 0 Å². The summed E-state index contributed by atoms with van der Waals surface area (Å²) in [5, 5.41) is 3.27. The Balaban J connectivity index is 1.80. The summed E-state index contributed by atoms with van der Waals surface area (Å²) < 4.78 is 5.71. The molecule has 70 valence electrons. The maximum atomic E-state index is 5.71. The molecule has 1 fully saturated rings. The summed E-state index contributed by atoms with van der Waals surface area (Å²) >= 11 is 0. The Labute approximate surface area is 78.9 Å². The van der Waals surface area contributed by atoms with Crippen LogP contribution in [-0.4, -0.2) is 18.7 Å².